The van der Waals surface area contributed by atoms with Gasteiger partial charge in [0.2, 0.25) is 0 Å². The van der Waals surface area contributed by atoms with E-state index in [1.165, 1.54) is 12.1 Å². The van der Waals surface area contributed by atoms with E-state index < -0.39 is 0 Å². The molecule has 2 rings (SSSR count). The summed E-state index contributed by atoms with van der Waals surface area (Å²) in [4.78, 5) is 1.15. The van der Waals surface area contributed by atoms with Crippen molar-refractivity contribution in [3.63, 3.8) is 0 Å². The van der Waals surface area contributed by atoms with E-state index in [0.717, 1.165) is 9.35 Å². The molecule has 0 aliphatic heterocycles. The van der Waals surface area contributed by atoms with Gasteiger partial charge in [-0.2, -0.15) is 0 Å². The first-order chi connectivity index (χ1) is 8.97. The third kappa shape index (κ3) is 3.61. The van der Waals surface area contributed by atoms with Crippen LogP contribution in [0.25, 0.3) is 0 Å². The number of rotatable bonds is 4. The van der Waals surface area contributed by atoms with Crippen molar-refractivity contribution in [1.29, 1.82) is 0 Å². The maximum absolute atomic E-state index is 13.8. The van der Waals surface area contributed by atoms with Crippen molar-refractivity contribution in [2.45, 2.75) is 26.4 Å². The van der Waals surface area contributed by atoms with Crippen molar-refractivity contribution in [3.05, 3.63) is 55.7 Å². The first-order valence-corrected chi connectivity index (χ1v) is 7.56. The van der Waals surface area contributed by atoms with Crippen LogP contribution in [0.3, 0.4) is 0 Å². The normalized spacial score (nSPS) is 12.7. The molecule has 1 unspecified atom stereocenters. The average molecular weight is 346 g/mol. The molecular formula is C14H14BrF2NS. The molecular weight excluding hydrogens is 332 g/mol. The van der Waals surface area contributed by atoms with Crippen LogP contribution in [0.1, 0.15) is 29.0 Å². The van der Waals surface area contributed by atoms with E-state index in [9.17, 15) is 8.78 Å². The van der Waals surface area contributed by atoms with Crippen molar-refractivity contribution >= 4 is 27.3 Å². The van der Waals surface area contributed by atoms with Gasteiger partial charge < -0.3 is 5.32 Å². The summed E-state index contributed by atoms with van der Waals surface area (Å²) in [5.74, 6) is -0.741. The van der Waals surface area contributed by atoms with Gasteiger partial charge in [-0.05, 0) is 53.5 Å². The van der Waals surface area contributed by atoms with Gasteiger partial charge in [-0.3, -0.25) is 0 Å². The Kier molecular flexibility index (Phi) is 4.71. The fourth-order valence-electron chi connectivity index (χ4n) is 1.80. The standard InChI is InChI=1S/C14H14BrF2NS/c1-8-3-14(17)12(5-13(8)16)9(2)18-6-11-4-10(15)7-19-11/h3-5,7,9,18H,6H2,1-2H3. The minimum Gasteiger partial charge on any atom is -0.305 e. The van der Waals surface area contributed by atoms with Gasteiger partial charge in [0.25, 0.3) is 0 Å². The number of halogens is 3. The summed E-state index contributed by atoms with van der Waals surface area (Å²) < 4.78 is 28.3. The molecule has 1 N–H and O–H groups in total. The fourth-order valence-corrected chi connectivity index (χ4v) is 3.21. The first-order valence-electron chi connectivity index (χ1n) is 5.89. The molecule has 19 heavy (non-hydrogen) atoms. The number of benzene rings is 1. The van der Waals surface area contributed by atoms with E-state index >= 15 is 0 Å². The molecule has 0 saturated carbocycles. The van der Waals surface area contributed by atoms with Crippen molar-refractivity contribution in [2.24, 2.45) is 0 Å². The van der Waals surface area contributed by atoms with Gasteiger partial charge in [0.05, 0.1) is 0 Å². The fraction of sp³-hybridized carbons (Fsp3) is 0.286. The summed E-state index contributed by atoms with van der Waals surface area (Å²) in [6.07, 6.45) is 0. The second-order valence-corrected chi connectivity index (χ2v) is 6.37. The van der Waals surface area contributed by atoms with Crippen LogP contribution in [-0.4, -0.2) is 0 Å². The zero-order valence-electron chi connectivity index (χ0n) is 10.6. The highest BCUT2D eigenvalue weighted by atomic mass is 79.9. The summed E-state index contributed by atoms with van der Waals surface area (Å²) in [6, 6.07) is 4.28. The Labute approximate surface area is 123 Å². The number of aryl methyl sites for hydroxylation is 1. The molecule has 1 heterocycles. The van der Waals surface area contributed by atoms with Crippen LogP contribution >= 0.6 is 27.3 Å². The van der Waals surface area contributed by atoms with Gasteiger partial charge in [0, 0.05) is 32.9 Å². The predicted octanol–water partition coefficient (Wildman–Crippen LogP) is 4.95. The highest BCUT2D eigenvalue weighted by Gasteiger charge is 2.13. The molecule has 5 heteroatoms. The molecule has 0 aliphatic carbocycles. The Morgan fingerprint density at radius 2 is 2.00 bits per heavy atom. The van der Waals surface area contributed by atoms with Gasteiger partial charge >= 0.3 is 0 Å². The molecule has 1 nitrogen and oxygen atoms in total. The minimum atomic E-state index is -0.371. The Morgan fingerprint density at radius 1 is 1.26 bits per heavy atom. The van der Waals surface area contributed by atoms with E-state index in [2.05, 4.69) is 21.2 Å². The van der Waals surface area contributed by atoms with Crippen LogP contribution in [-0.2, 0) is 6.54 Å². The van der Waals surface area contributed by atoms with Gasteiger partial charge in [-0.15, -0.1) is 11.3 Å². The number of hydrogen-bond donors (Lipinski definition) is 1. The second kappa shape index (κ2) is 6.11. The Bertz CT molecular complexity index is 583. The molecule has 0 radical (unpaired) electrons. The van der Waals surface area contributed by atoms with Crippen LogP contribution in [0.15, 0.2) is 28.1 Å². The third-order valence-electron chi connectivity index (χ3n) is 2.95. The Morgan fingerprint density at radius 3 is 2.63 bits per heavy atom. The molecule has 0 aliphatic rings. The van der Waals surface area contributed by atoms with E-state index in [4.69, 9.17) is 0 Å². The highest BCUT2D eigenvalue weighted by Crippen LogP contribution is 2.23. The average Bonchev–Trinajstić information content (AvgIpc) is 2.77. The topological polar surface area (TPSA) is 12.0 Å². The molecule has 1 atom stereocenters. The summed E-state index contributed by atoms with van der Waals surface area (Å²) in [7, 11) is 0. The lowest BCUT2D eigenvalue weighted by molar-refractivity contribution is 0.518. The van der Waals surface area contributed by atoms with E-state index in [-0.39, 0.29) is 17.7 Å². The first kappa shape index (κ1) is 14.6. The van der Waals surface area contributed by atoms with Gasteiger partial charge in [0.1, 0.15) is 11.6 Å². The van der Waals surface area contributed by atoms with Gasteiger partial charge in [0.15, 0.2) is 0 Å². The Hall–Kier alpha value is -0.780. The molecule has 2 aromatic rings. The number of thiophene rings is 1. The highest BCUT2D eigenvalue weighted by molar-refractivity contribution is 9.10. The van der Waals surface area contributed by atoms with Crippen LogP contribution in [0.4, 0.5) is 8.78 Å². The third-order valence-corrected chi connectivity index (χ3v) is 4.65. The quantitative estimate of drug-likeness (QED) is 0.826. The summed E-state index contributed by atoms with van der Waals surface area (Å²) in [6.45, 7) is 4.02. The minimum absolute atomic E-state index is 0.240. The van der Waals surface area contributed by atoms with Crippen molar-refractivity contribution in [1.82, 2.24) is 5.32 Å². The van der Waals surface area contributed by atoms with Crippen LogP contribution < -0.4 is 5.32 Å². The van der Waals surface area contributed by atoms with Crippen LogP contribution in [0.5, 0.6) is 0 Å². The second-order valence-electron chi connectivity index (χ2n) is 4.46. The zero-order chi connectivity index (χ0) is 14.0. The van der Waals surface area contributed by atoms with Gasteiger partial charge in [-0.25, -0.2) is 8.78 Å². The maximum atomic E-state index is 13.8. The Balaban J connectivity index is 2.07. The molecule has 0 saturated heterocycles. The molecule has 0 spiro atoms. The summed E-state index contributed by atoms with van der Waals surface area (Å²) >= 11 is 5.01. The van der Waals surface area contributed by atoms with Gasteiger partial charge in [-0.1, -0.05) is 0 Å². The van der Waals surface area contributed by atoms with E-state index in [1.54, 1.807) is 18.3 Å². The van der Waals surface area contributed by atoms with Crippen molar-refractivity contribution in [2.75, 3.05) is 0 Å². The van der Waals surface area contributed by atoms with Crippen LogP contribution in [0.2, 0.25) is 0 Å². The number of hydrogen-bond acceptors (Lipinski definition) is 2. The van der Waals surface area contributed by atoms with Crippen molar-refractivity contribution < 1.29 is 8.78 Å². The molecule has 102 valence electrons. The van der Waals surface area contributed by atoms with Crippen molar-refractivity contribution in [3.8, 4) is 0 Å². The summed E-state index contributed by atoms with van der Waals surface area (Å²) in [5.41, 5.74) is 0.689. The molecule has 0 bridgehead atoms. The molecule has 1 aromatic heterocycles. The lowest BCUT2D eigenvalue weighted by atomic mass is 10.1. The smallest absolute Gasteiger partial charge is 0.128 e. The lowest BCUT2D eigenvalue weighted by Gasteiger charge is -2.15. The van der Waals surface area contributed by atoms with Crippen LogP contribution in [0, 0.1) is 18.6 Å². The molecule has 1 aromatic carbocycles. The summed E-state index contributed by atoms with van der Waals surface area (Å²) in [5, 5.41) is 5.19. The molecule has 0 fully saturated rings. The SMILES string of the molecule is Cc1cc(F)c(C(C)NCc2cc(Br)cs2)cc1F. The number of nitrogens with one attached hydrogen (secondary N) is 1. The zero-order valence-corrected chi connectivity index (χ0v) is 13.0. The monoisotopic (exact) mass is 345 g/mol. The van der Waals surface area contributed by atoms with E-state index in [0.29, 0.717) is 17.7 Å². The largest absolute Gasteiger partial charge is 0.305 e. The molecule has 0 amide bonds. The predicted molar refractivity (Wildman–Crippen MR) is 78.4 cm³/mol. The van der Waals surface area contributed by atoms with E-state index in [1.807, 2.05) is 18.4 Å². The lowest BCUT2D eigenvalue weighted by Crippen LogP contribution is -2.19. The maximum Gasteiger partial charge on any atom is 0.128 e.